The zero-order chi connectivity index (χ0) is 16.4. The van der Waals surface area contributed by atoms with Gasteiger partial charge in [0.15, 0.2) is 5.16 Å². The summed E-state index contributed by atoms with van der Waals surface area (Å²) >= 11 is 2.75. The third-order valence-corrected chi connectivity index (χ3v) is 5.20. The van der Waals surface area contributed by atoms with Crippen LogP contribution in [0.3, 0.4) is 0 Å². The van der Waals surface area contributed by atoms with E-state index in [-0.39, 0.29) is 17.9 Å². The molecule has 0 radical (unpaired) electrons. The average molecular weight is 350 g/mol. The van der Waals surface area contributed by atoms with Gasteiger partial charge in [0.25, 0.3) is 5.56 Å². The second-order valence-electron chi connectivity index (χ2n) is 5.21. The van der Waals surface area contributed by atoms with Crippen molar-refractivity contribution in [2.75, 3.05) is 0 Å². The van der Waals surface area contributed by atoms with Crippen LogP contribution in [0.25, 0.3) is 10.2 Å². The Balaban J connectivity index is 1.94. The van der Waals surface area contributed by atoms with E-state index in [9.17, 15) is 14.3 Å². The Morgan fingerprint density at radius 3 is 2.78 bits per heavy atom. The third kappa shape index (κ3) is 3.63. The van der Waals surface area contributed by atoms with Gasteiger partial charge in [0.05, 0.1) is 18.2 Å². The fourth-order valence-electron chi connectivity index (χ4n) is 2.19. The second kappa shape index (κ2) is 6.82. The zero-order valence-electron chi connectivity index (χ0n) is 12.4. The highest BCUT2D eigenvalue weighted by Gasteiger charge is 2.14. The summed E-state index contributed by atoms with van der Waals surface area (Å²) in [7, 11) is 0. The molecule has 0 saturated heterocycles. The van der Waals surface area contributed by atoms with Crippen LogP contribution in [0.15, 0.2) is 45.7 Å². The van der Waals surface area contributed by atoms with Gasteiger partial charge in [-0.1, -0.05) is 23.9 Å². The first kappa shape index (κ1) is 16.2. The Hall–Kier alpha value is -1.70. The Morgan fingerprint density at radius 1 is 1.35 bits per heavy atom. The molecule has 0 aliphatic carbocycles. The van der Waals surface area contributed by atoms with Gasteiger partial charge < -0.3 is 5.11 Å². The van der Waals surface area contributed by atoms with Crippen molar-refractivity contribution in [3.05, 3.63) is 57.4 Å². The van der Waals surface area contributed by atoms with Crippen molar-refractivity contribution in [3.8, 4) is 0 Å². The molecule has 0 bridgehead atoms. The number of aliphatic hydroxyl groups excluding tert-OH is 1. The van der Waals surface area contributed by atoms with Crippen molar-refractivity contribution in [2.24, 2.45) is 0 Å². The highest BCUT2D eigenvalue weighted by atomic mass is 32.2. The van der Waals surface area contributed by atoms with Crippen molar-refractivity contribution >= 4 is 33.3 Å². The molecule has 3 rings (SSSR count). The Morgan fingerprint density at radius 2 is 2.09 bits per heavy atom. The summed E-state index contributed by atoms with van der Waals surface area (Å²) in [5, 5.41) is 12.1. The normalized spacial score (nSPS) is 12.7. The van der Waals surface area contributed by atoms with E-state index in [1.165, 1.54) is 39.8 Å². The molecular formula is C16H15FN2O2S2. The van der Waals surface area contributed by atoms with Gasteiger partial charge in [-0.25, -0.2) is 9.37 Å². The summed E-state index contributed by atoms with van der Waals surface area (Å²) in [6.07, 6.45) is -0.642. The SMILES string of the molecule is C[C@@H](O)Cn1c(SCc2ccc(F)cc2)nc2ccsc2c1=O. The number of hydrogen-bond donors (Lipinski definition) is 1. The first-order chi connectivity index (χ1) is 11.0. The van der Waals surface area contributed by atoms with Crippen LogP contribution >= 0.6 is 23.1 Å². The molecule has 1 aromatic carbocycles. The molecule has 2 aromatic heterocycles. The van der Waals surface area contributed by atoms with E-state index >= 15 is 0 Å². The minimum Gasteiger partial charge on any atom is -0.392 e. The number of benzene rings is 1. The lowest BCUT2D eigenvalue weighted by molar-refractivity contribution is 0.168. The highest BCUT2D eigenvalue weighted by molar-refractivity contribution is 7.98. The van der Waals surface area contributed by atoms with Crippen LogP contribution in [0.4, 0.5) is 4.39 Å². The molecule has 3 aromatic rings. The van der Waals surface area contributed by atoms with Gasteiger partial charge in [0.2, 0.25) is 0 Å². The lowest BCUT2D eigenvalue weighted by Gasteiger charge is -2.13. The number of aliphatic hydroxyl groups is 1. The highest BCUT2D eigenvalue weighted by Crippen LogP contribution is 2.24. The van der Waals surface area contributed by atoms with Crippen molar-refractivity contribution in [2.45, 2.75) is 30.5 Å². The van der Waals surface area contributed by atoms with Crippen LogP contribution < -0.4 is 5.56 Å². The van der Waals surface area contributed by atoms with E-state index in [1.54, 1.807) is 19.1 Å². The largest absolute Gasteiger partial charge is 0.392 e. The second-order valence-corrected chi connectivity index (χ2v) is 7.07. The molecule has 2 heterocycles. The van der Waals surface area contributed by atoms with Crippen LogP contribution in [0.2, 0.25) is 0 Å². The smallest absolute Gasteiger partial charge is 0.272 e. The molecule has 0 aliphatic heterocycles. The quantitative estimate of drug-likeness (QED) is 0.567. The van der Waals surface area contributed by atoms with E-state index in [4.69, 9.17) is 0 Å². The number of thiophene rings is 1. The van der Waals surface area contributed by atoms with Gasteiger partial charge >= 0.3 is 0 Å². The maximum absolute atomic E-state index is 13.0. The summed E-state index contributed by atoms with van der Waals surface area (Å²) in [5.74, 6) is 0.296. The fraction of sp³-hybridized carbons (Fsp3) is 0.250. The molecule has 4 nitrogen and oxygen atoms in total. The van der Waals surface area contributed by atoms with Gasteiger partial charge in [0.1, 0.15) is 10.5 Å². The maximum atomic E-state index is 13.0. The van der Waals surface area contributed by atoms with Gasteiger partial charge in [-0.3, -0.25) is 9.36 Å². The number of fused-ring (bicyclic) bond motifs is 1. The van der Waals surface area contributed by atoms with Crippen LogP contribution in [-0.4, -0.2) is 20.8 Å². The summed E-state index contributed by atoms with van der Waals surface area (Å²) in [6.45, 7) is 1.84. The molecule has 0 amide bonds. The minimum atomic E-state index is -0.642. The lowest BCUT2D eigenvalue weighted by atomic mass is 10.2. The van der Waals surface area contributed by atoms with E-state index in [0.29, 0.717) is 21.1 Å². The van der Waals surface area contributed by atoms with Gasteiger partial charge in [-0.15, -0.1) is 11.3 Å². The zero-order valence-corrected chi connectivity index (χ0v) is 14.0. The molecule has 0 aliphatic rings. The molecule has 0 saturated carbocycles. The van der Waals surface area contributed by atoms with Crippen molar-refractivity contribution < 1.29 is 9.50 Å². The topological polar surface area (TPSA) is 55.1 Å². The van der Waals surface area contributed by atoms with E-state index in [0.717, 1.165) is 5.56 Å². The maximum Gasteiger partial charge on any atom is 0.272 e. The predicted molar refractivity (Wildman–Crippen MR) is 91.5 cm³/mol. The molecular weight excluding hydrogens is 335 g/mol. The summed E-state index contributed by atoms with van der Waals surface area (Å²) < 4.78 is 15.1. The van der Waals surface area contributed by atoms with E-state index in [1.807, 2.05) is 11.4 Å². The summed E-state index contributed by atoms with van der Waals surface area (Å²) in [6, 6.07) is 8.06. The fourth-order valence-corrected chi connectivity index (χ4v) is 3.93. The van der Waals surface area contributed by atoms with Gasteiger partial charge in [0, 0.05) is 5.75 Å². The molecule has 0 fully saturated rings. The van der Waals surface area contributed by atoms with Crippen LogP contribution in [0, 0.1) is 5.82 Å². The van der Waals surface area contributed by atoms with Crippen molar-refractivity contribution in [1.29, 1.82) is 0 Å². The third-order valence-electron chi connectivity index (χ3n) is 3.26. The Labute approximate surface area is 140 Å². The van der Waals surface area contributed by atoms with Gasteiger partial charge in [-0.2, -0.15) is 0 Å². The van der Waals surface area contributed by atoms with Crippen LogP contribution in [0.5, 0.6) is 0 Å². The number of halogens is 1. The number of thioether (sulfide) groups is 1. The molecule has 23 heavy (non-hydrogen) atoms. The number of nitrogens with zero attached hydrogens (tertiary/aromatic N) is 2. The minimum absolute atomic E-state index is 0.132. The standard InChI is InChI=1S/C16H15FN2O2S2/c1-10(20)8-19-15(21)14-13(6-7-22-14)18-16(19)23-9-11-2-4-12(17)5-3-11/h2-7,10,20H,8-9H2,1H3/t10-/m1/s1. The Kier molecular flexibility index (Phi) is 4.79. The van der Waals surface area contributed by atoms with Gasteiger partial charge in [-0.05, 0) is 36.1 Å². The first-order valence-corrected chi connectivity index (χ1v) is 8.94. The van der Waals surface area contributed by atoms with Crippen molar-refractivity contribution in [1.82, 2.24) is 9.55 Å². The predicted octanol–water partition coefficient (Wildman–Crippen LogP) is 3.27. The molecule has 1 N–H and O–H groups in total. The van der Waals surface area contributed by atoms with Crippen LogP contribution in [-0.2, 0) is 12.3 Å². The van der Waals surface area contributed by atoms with E-state index < -0.39 is 6.10 Å². The molecule has 1 atom stereocenters. The number of hydrogen-bond acceptors (Lipinski definition) is 5. The molecule has 120 valence electrons. The Bertz CT molecular complexity index is 872. The lowest BCUT2D eigenvalue weighted by Crippen LogP contribution is -2.27. The summed E-state index contributed by atoms with van der Waals surface area (Å²) in [5.41, 5.74) is 1.48. The van der Waals surface area contributed by atoms with Crippen molar-refractivity contribution in [3.63, 3.8) is 0 Å². The monoisotopic (exact) mass is 350 g/mol. The summed E-state index contributed by atoms with van der Waals surface area (Å²) in [4.78, 5) is 17.1. The van der Waals surface area contributed by atoms with Crippen LogP contribution in [0.1, 0.15) is 12.5 Å². The molecule has 0 spiro atoms. The number of aromatic nitrogens is 2. The molecule has 7 heteroatoms. The number of rotatable bonds is 5. The average Bonchev–Trinajstić information content (AvgIpc) is 2.98. The van der Waals surface area contributed by atoms with E-state index in [2.05, 4.69) is 4.98 Å². The first-order valence-electron chi connectivity index (χ1n) is 7.08. The molecule has 0 unspecified atom stereocenters.